The highest BCUT2D eigenvalue weighted by atomic mass is 35.5. The molecule has 6 heteroatoms. The molecule has 29 heavy (non-hydrogen) atoms. The standard InChI is InChI=1S/C23H26ClNO4/c1-4-5-15-10-18(24)22(21(11-15)29-3)23-19(27)12-17(13-20(23)28)16-6-8-25(9-7-16)14(2)26/h10-11,16-17,23H,6-9,12-13H2,1-3H3. The molecule has 0 bridgehead atoms. The fraction of sp³-hybridized carbons (Fsp3) is 0.522. The molecule has 3 rings (SSSR count). The molecule has 0 N–H and O–H groups in total. The molecular weight excluding hydrogens is 390 g/mol. The number of methoxy groups -OCH3 is 1. The lowest BCUT2D eigenvalue weighted by atomic mass is 9.70. The first kappa shape index (κ1) is 21.4. The zero-order valence-corrected chi connectivity index (χ0v) is 17.8. The van der Waals surface area contributed by atoms with Crippen molar-refractivity contribution in [1.29, 1.82) is 0 Å². The van der Waals surface area contributed by atoms with Gasteiger partial charge in [-0.2, -0.15) is 0 Å². The van der Waals surface area contributed by atoms with Crippen molar-refractivity contribution < 1.29 is 19.1 Å². The summed E-state index contributed by atoms with van der Waals surface area (Å²) in [5, 5.41) is 0.335. The molecule has 1 aliphatic carbocycles. The summed E-state index contributed by atoms with van der Waals surface area (Å²) in [7, 11) is 1.50. The van der Waals surface area contributed by atoms with Gasteiger partial charge >= 0.3 is 0 Å². The molecule has 1 amide bonds. The maximum atomic E-state index is 13.0. The second-order valence-electron chi connectivity index (χ2n) is 7.83. The molecule has 5 nitrogen and oxygen atoms in total. The number of Topliss-reactive ketones (excluding diaryl/α,β-unsaturated/α-hetero) is 2. The summed E-state index contributed by atoms with van der Waals surface area (Å²) in [5.74, 6) is 5.48. The summed E-state index contributed by atoms with van der Waals surface area (Å²) < 4.78 is 5.45. The van der Waals surface area contributed by atoms with E-state index in [0.717, 1.165) is 12.8 Å². The second kappa shape index (κ2) is 9.00. The molecule has 0 spiro atoms. The van der Waals surface area contributed by atoms with Gasteiger partial charge in [-0.3, -0.25) is 14.4 Å². The summed E-state index contributed by atoms with van der Waals surface area (Å²) in [6.07, 6.45) is 2.39. The Hall–Kier alpha value is -2.32. The first-order valence-corrected chi connectivity index (χ1v) is 10.3. The Morgan fingerprint density at radius 3 is 2.28 bits per heavy atom. The van der Waals surface area contributed by atoms with Crippen molar-refractivity contribution in [1.82, 2.24) is 4.90 Å². The molecule has 2 aliphatic rings. The lowest BCUT2D eigenvalue weighted by molar-refractivity contribution is -0.136. The first-order valence-electron chi connectivity index (χ1n) is 9.96. The summed E-state index contributed by atoms with van der Waals surface area (Å²) in [5.41, 5.74) is 1.14. The normalized spacial score (nSPS) is 22.8. The van der Waals surface area contributed by atoms with Gasteiger partial charge in [0.1, 0.15) is 23.2 Å². The topological polar surface area (TPSA) is 63.7 Å². The number of ether oxygens (including phenoxy) is 1. The fourth-order valence-electron chi connectivity index (χ4n) is 4.60. The zero-order valence-electron chi connectivity index (χ0n) is 17.1. The minimum atomic E-state index is -0.880. The minimum Gasteiger partial charge on any atom is -0.496 e. The van der Waals surface area contributed by atoms with Crippen molar-refractivity contribution in [3.05, 3.63) is 28.3 Å². The van der Waals surface area contributed by atoms with Crippen LogP contribution in [0.5, 0.6) is 5.75 Å². The molecule has 1 aromatic rings. The lowest BCUT2D eigenvalue weighted by Crippen LogP contribution is -2.42. The van der Waals surface area contributed by atoms with Crippen LogP contribution in [-0.4, -0.2) is 42.6 Å². The smallest absolute Gasteiger partial charge is 0.219 e. The van der Waals surface area contributed by atoms with Crippen molar-refractivity contribution in [3.63, 3.8) is 0 Å². The van der Waals surface area contributed by atoms with Gasteiger partial charge in [0.2, 0.25) is 5.91 Å². The van der Waals surface area contributed by atoms with Crippen molar-refractivity contribution >= 4 is 29.1 Å². The van der Waals surface area contributed by atoms with E-state index >= 15 is 0 Å². The predicted molar refractivity (Wildman–Crippen MR) is 111 cm³/mol. The quantitative estimate of drug-likeness (QED) is 0.558. The van der Waals surface area contributed by atoms with E-state index in [4.69, 9.17) is 16.3 Å². The van der Waals surface area contributed by atoms with Crippen molar-refractivity contribution in [3.8, 4) is 17.6 Å². The number of piperidine rings is 1. The van der Waals surface area contributed by atoms with E-state index in [2.05, 4.69) is 11.8 Å². The number of amides is 1. The van der Waals surface area contributed by atoms with Crippen LogP contribution in [0.1, 0.15) is 56.6 Å². The Morgan fingerprint density at radius 1 is 1.14 bits per heavy atom. The zero-order chi connectivity index (χ0) is 21.1. The Balaban J connectivity index is 1.79. The molecule has 1 aromatic carbocycles. The maximum Gasteiger partial charge on any atom is 0.219 e. The van der Waals surface area contributed by atoms with E-state index in [1.807, 2.05) is 4.90 Å². The Labute approximate surface area is 176 Å². The van der Waals surface area contributed by atoms with Crippen LogP contribution in [0.2, 0.25) is 5.02 Å². The van der Waals surface area contributed by atoms with Crippen LogP contribution in [0.3, 0.4) is 0 Å². The third-order valence-corrected chi connectivity index (χ3v) is 6.40. The summed E-state index contributed by atoms with van der Waals surface area (Å²) >= 11 is 6.45. The SMILES string of the molecule is CC#Cc1cc(Cl)c(C2C(=O)CC(C3CCN(C(C)=O)CC3)CC2=O)c(OC)c1. The van der Waals surface area contributed by atoms with Gasteiger partial charge in [-0.1, -0.05) is 17.5 Å². The Bertz CT molecular complexity index is 872. The van der Waals surface area contributed by atoms with Crippen LogP contribution < -0.4 is 4.74 Å². The molecule has 0 aromatic heterocycles. The average Bonchev–Trinajstić information content (AvgIpc) is 2.68. The van der Waals surface area contributed by atoms with Crippen molar-refractivity contribution in [2.45, 2.75) is 45.4 Å². The highest BCUT2D eigenvalue weighted by molar-refractivity contribution is 6.32. The van der Waals surface area contributed by atoms with Gasteiger partial charge in [-0.25, -0.2) is 0 Å². The molecule has 0 radical (unpaired) electrons. The fourth-order valence-corrected chi connectivity index (χ4v) is 4.92. The number of ketones is 2. The molecule has 1 saturated carbocycles. The van der Waals surface area contributed by atoms with Gasteiger partial charge in [-0.15, -0.1) is 5.92 Å². The minimum absolute atomic E-state index is 0.0374. The third kappa shape index (κ3) is 4.48. The first-order chi connectivity index (χ1) is 13.8. The third-order valence-electron chi connectivity index (χ3n) is 6.09. The largest absolute Gasteiger partial charge is 0.496 e. The molecule has 154 valence electrons. The van der Waals surface area contributed by atoms with Crippen LogP contribution in [0, 0.1) is 23.7 Å². The van der Waals surface area contributed by atoms with Gasteiger partial charge in [-0.05, 0) is 43.7 Å². The molecule has 0 atom stereocenters. The van der Waals surface area contributed by atoms with E-state index in [-0.39, 0.29) is 23.4 Å². The maximum absolute atomic E-state index is 13.0. The van der Waals surface area contributed by atoms with Crippen molar-refractivity contribution in [2.75, 3.05) is 20.2 Å². The van der Waals surface area contributed by atoms with Crippen LogP contribution in [0.25, 0.3) is 0 Å². The summed E-state index contributed by atoms with van der Waals surface area (Å²) in [6.45, 7) is 4.69. The van der Waals surface area contributed by atoms with Crippen LogP contribution in [0.4, 0.5) is 0 Å². The van der Waals surface area contributed by atoms with E-state index in [0.29, 0.717) is 53.7 Å². The van der Waals surface area contributed by atoms with Gasteiger partial charge in [0, 0.05) is 49.0 Å². The van der Waals surface area contributed by atoms with Gasteiger partial charge < -0.3 is 9.64 Å². The number of halogens is 1. The highest BCUT2D eigenvalue weighted by Gasteiger charge is 2.42. The number of nitrogens with zero attached hydrogens (tertiary/aromatic N) is 1. The number of carbonyl (C=O) groups is 3. The molecule has 1 aliphatic heterocycles. The van der Waals surface area contributed by atoms with E-state index < -0.39 is 5.92 Å². The molecule has 1 heterocycles. The number of benzene rings is 1. The van der Waals surface area contributed by atoms with Crippen LogP contribution in [-0.2, 0) is 14.4 Å². The molecule has 0 unspecified atom stereocenters. The van der Waals surface area contributed by atoms with Crippen LogP contribution >= 0.6 is 11.6 Å². The average molecular weight is 416 g/mol. The van der Waals surface area contributed by atoms with E-state index in [9.17, 15) is 14.4 Å². The number of hydrogen-bond donors (Lipinski definition) is 0. The monoisotopic (exact) mass is 415 g/mol. The molecule has 1 saturated heterocycles. The molecular formula is C23H26ClNO4. The van der Waals surface area contributed by atoms with Crippen molar-refractivity contribution in [2.24, 2.45) is 11.8 Å². The summed E-state index contributed by atoms with van der Waals surface area (Å²) in [6, 6.07) is 3.40. The van der Waals surface area contributed by atoms with Gasteiger partial charge in [0.15, 0.2) is 0 Å². The Kier molecular flexibility index (Phi) is 6.64. The number of carbonyl (C=O) groups excluding carboxylic acids is 3. The van der Waals surface area contributed by atoms with E-state index in [1.54, 1.807) is 26.0 Å². The highest BCUT2D eigenvalue weighted by Crippen LogP contribution is 2.43. The molecule has 2 fully saturated rings. The Morgan fingerprint density at radius 2 is 1.76 bits per heavy atom. The van der Waals surface area contributed by atoms with Gasteiger partial charge in [0.05, 0.1) is 7.11 Å². The number of likely N-dealkylation sites (tertiary alicyclic amines) is 1. The summed E-state index contributed by atoms with van der Waals surface area (Å²) in [4.78, 5) is 39.4. The van der Waals surface area contributed by atoms with Gasteiger partial charge in [0.25, 0.3) is 0 Å². The number of rotatable bonds is 3. The van der Waals surface area contributed by atoms with E-state index in [1.165, 1.54) is 7.11 Å². The predicted octanol–water partition coefficient (Wildman–Crippen LogP) is 3.61. The second-order valence-corrected chi connectivity index (χ2v) is 8.23. The number of hydrogen-bond acceptors (Lipinski definition) is 4. The van der Waals surface area contributed by atoms with Crippen LogP contribution in [0.15, 0.2) is 12.1 Å². The lowest BCUT2D eigenvalue weighted by Gasteiger charge is -2.38.